The number of halogens is 2. The van der Waals surface area contributed by atoms with Crippen LogP contribution in [0.3, 0.4) is 0 Å². The number of fused-ring (bicyclic) bond motifs is 4. The summed E-state index contributed by atoms with van der Waals surface area (Å²) in [4.78, 5) is 66.3. The first-order valence-corrected chi connectivity index (χ1v) is 19.8. The number of rotatable bonds is 10. The van der Waals surface area contributed by atoms with E-state index < -0.39 is 12.1 Å². The Morgan fingerprint density at radius 2 is 1.59 bits per heavy atom. The highest BCUT2D eigenvalue weighted by Gasteiger charge is 2.41. The molecule has 13 nitrogen and oxygen atoms in total. The van der Waals surface area contributed by atoms with Gasteiger partial charge in [-0.25, -0.2) is 10.5 Å². The molecule has 2 bridgehead atoms. The van der Waals surface area contributed by atoms with Gasteiger partial charge in [0, 0.05) is 82.4 Å². The summed E-state index contributed by atoms with van der Waals surface area (Å²) in [7, 11) is 1.56. The van der Waals surface area contributed by atoms with Crippen LogP contribution in [-0.4, -0.2) is 119 Å². The number of benzene rings is 3. The van der Waals surface area contributed by atoms with Crippen LogP contribution in [0.25, 0.3) is 0 Å². The summed E-state index contributed by atoms with van der Waals surface area (Å²) in [5.74, 6) is -0.756. The van der Waals surface area contributed by atoms with Crippen molar-refractivity contribution in [2.45, 2.75) is 70.1 Å². The zero-order chi connectivity index (χ0) is 40.1. The number of carbonyl (C=O) groups excluding carboxylic acids is 4. The van der Waals surface area contributed by atoms with Gasteiger partial charge in [0.15, 0.2) is 0 Å². The second-order valence-corrected chi connectivity index (χ2v) is 15.8. The van der Waals surface area contributed by atoms with Crippen LogP contribution >= 0.6 is 23.2 Å². The number of guanidine groups is 1. The fourth-order valence-electron chi connectivity index (χ4n) is 8.33. The Bertz CT molecular complexity index is 1960. The van der Waals surface area contributed by atoms with Gasteiger partial charge in [0.05, 0.1) is 16.1 Å². The number of nitrogens with one attached hydrogen (secondary N) is 2. The van der Waals surface area contributed by atoms with Crippen molar-refractivity contribution < 1.29 is 24.4 Å². The second kappa shape index (κ2) is 18.1. The number of amides is 4. The molecule has 0 aromatic heterocycles. The van der Waals surface area contributed by atoms with Gasteiger partial charge in [0.25, 0.3) is 11.8 Å². The molecule has 4 aliphatic rings. The van der Waals surface area contributed by atoms with Crippen LogP contribution in [0.1, 0.15) is 74.7 Å². The molecule has 5 N–H and O–H groups in total. The van der Waals surface area contributed by atoms with E-state index in [0.29, 0.717) is 60.4 Å². The summed E-state index contributed by atoms with van der Waals surface area (Å²) in [5, 5.41) is 12.8. The number of piperazine rings is 2. The lowest BCUT2D eigenvalue weighted by molar-refractivity contribution is -0.140. The maximum Gasteiger partial charge on any atom is 0.254 e. The molecule has 4 atom stereocenters. The summed E-state index contributed by atoms with van der Waals surface area (Å²) in [6, 6.07) is 16.8. The molecular weight excluding hydrogens is 755 g/mol. The van der Waals surface area contributed by atoms with Crippen molar-refractivity contribution in [2.24, 2.45) is 10.7 Å². The van der Waals surface area contributed by atoms with Crippen LogP contribution in [0.4, 0.5) is 0 Å². The molecule has 0 spiro atoms. The Balaban J connectivity index is 1.14. The highest BCUT2D eigenvalue weighted by Crippen LogP contribution is 2.33. The quantitative estimate of drug-likeness (QED) is 0.134. The number of aliphatic imine (C=N–C) groups is 1. The highest BCUT2D eigenvalue weighted by atomic mass is 35.5. The molecule has 4 fully saturated rings. The van der Waals surface area contributed by atoms with Crippen molar-refractivity contribution >= 4 is 52.8 Å². The molecule has 4 heterocycles. The maximum absolute atomic E-state index is 14.2. The second-order valence-electron chi connectivity index (χ2n) is 15.0. The molecule has 56 heavy (non-hydrogen) atoms. The van der Waals surface area contributed by atoms with Gasteiger partial charge in [-0.15, -0.1) is 0 Å². The summed E-state index contributed by atoms with van der Waals surface area (Å²) in [6.45, 7) is 6.66. The number of carbonyl (C=O) groups is 4. The third kappa shape index (κ3) is 9.46. The molecule has 0 saturated carbocycles. The molecule has 0 aliphatic carbocycles. The fourth-order valence-corrected chi connectivity index (χ4v) is 8.64. The number of hydroxylamine groups is 1. The normalized spacial score (nSPS) is 20.7. The standard InChI is InChI=1S/C41H50Cl2N8O5/c1-25-17-26(2)19-30(18-25)39(54)49-15-16-50(36(24-49)29-11-12-33(42)34(43)21-29)37(52)13-14-48-22-32-6-4-5-31(48)23-51(32)40(55)35(46-41(44)47-56)20-27-7-9-28(10-8-27)38(53)45-3/h7-12,17-19,21,31-32,35-36,56H,4-6,13-16,20,22-24H2,1-3H3,(H,45,53)(H3,44,46,47). The van der Waals surface area contributed by atoms with Crippen molar-refractivity contribution in [3.63, 3.8) is 0 Å². The van der Waals surface area contributed by atoms with Gasteiger partial charge >= 0.3 is 0 Å². The van der Waals surface area contributed by atoms with Crippen LogP contribution in [0.15, 0.2) is 65.7 Å². The average Bonchev–Trinajstić information content (AvgIpc) is 3.53. The van der Waals surface area contributed by atoms with E-state index in [1.165, 1.54) is 0 Å². The summed E-state index contributed by atoms with van der Waals surface area (Å²) >= 11 is 12.7. The molecule has 0 radical (unpaired) electrons. The Morgan fingerprint density at radius 3 is 2.27 bits per heavy atom. The number of hydrogen-bond acceptors (Lipinski definition) is 7. The highest BCUT2D eigenvalue weighted by molar-refractivity contribution is 6.42. The van der Waals surface area contributed by atoms with E-state index >= 15 is 0 Å². The first-order valence-electron chi connectivity index (χ1n) is 19.1. The molecule has 4 amide bonds. The predicted molar refractivity (Wildman–Crippen MR) is 216 cm³/mol. The molecular formula is C41H50Cl2N8O5. The van der Waals surface area contributed by atoms with Gasteiger partial charge in [-0.1, -0.05) is 58.6 Å². The topological polar surface area (TPSA) is 164 Å². The van der Waals surface area contributed by atoms with E-state index in [2.05, 4.69) is 15.2 Å². The minimum atomic E-state index is -0.895. The number of hydrogen-bond donors (Lipinski definition) is 4. The average molecular weight is 806 g/mol. The maximum atomic E-state index is 14.2. The van der Waals surface area contributed by atoms with E-state index in [-0.39, 0.29) is 54.5 Å². The van der Waals surface area contributed by atoms with Gasteiger partial charge in [-0.3, -0.25) is 29.3 Å². The SMILES string of the molecule is CNC(=O)c1ccc(CC(N=C(N)NO)C(=O)N2CC3CCCC2CN3CCC(=O)N2CCN(C(=O)c3cc(C)cc(C)c3)CC2c2ccc(Cl)c(Cl)c2)cc1. The van der Waals surface area contributed by atoms with Crippen LogP contribution in [0.2, 0.25) is 10.0 Å². The van der Waals surface area contributed by atoms with E-state index in [1.807, 2.05) is 58.3 Å². The van der Waals surface area contributed by atoms with E-state index in [0.717, 1.165) is 41.5 Å². The molecule has 298 valence electrons. The summed E-state index contributed by atoms with van der Waals surface area (Å²) in [5.41, 5.74) is 12.4. The van der Waals surface area contributed by atoms with Crippen molar-refractivity contribution in [3.05, 3.63) is 104 Å². The molecule has 15 heteroatoms. The lowest BCUT2D eigenvalue weighted by Crippen LogP contribution is -2.60. The largest absolute Gasteiger partial charge is 0.368 e. The molecule has 3 aromatic carbocycles. The van der Waals surface area contributed by atoms with Crippen LogP contribution in [0.5, 0.6) is 0 Å². The Kier molecular flexibility index (Phi) is 13.2. The zero-order valence-corrected chi connectivity index (χ0v) is 33.5. The Morgan fingerprint density at radius 1 is 0.875 bits per heavy atom. The first kappa shape index (κ1) is 41.0. The third-order valence-electron chi connectivity index (χ3n) is 11.1. The summed E-state index contributed by atoms with van der Waals surface area (Å²) < 4.78 is 0. The van der Waals surface area contributed by atoms with Crippen molar-refractivity contribution in [1.82, 2.24) is 30.4 Å². The molecule has 7 rings (SSSR count). The van der Waals surface area contributed by atoms with Crippen LogP contribution < -0.4 is 16.5 Å². The molecule has 4 aliphatic heterocycles. The van der Waals surface area contributed by atoms with Gasteiger partial charge < -0.3 is 25.8 Å². The fraction of sp³-hybridized carbons (Fsp3) is 0.439. The van der Waals surface area contributed by atoms with Crippen LogP contribution in [0, 0.1) is 13.8 Å². The number of nitrogens with zero attached hydrogens (tertiary/aromatic N) is 5. The molecule has 4 unspecified atom stereocenters. The van der Waals surface area contributed by atoms with Crippen molar-refractivity contribution in [2.75, 3.05) is 46.3 Å². The Labute approximate surface area is 337 Å². The lowest BCUT2D eigenvalue weighted by atomic mass is 9.99. The lowest BCUT2D eigenvalue weighted by Gasteiger charge is -2.45. The van der Waals surface area contributed by atoms with Gasteiger partial charge in [0.1, 0.15) is 6.04 Å². The van der Waals surface area contributed by atoms with E-state index in [4.69, 9.17) is 28.9 Å². The van der Waals surface area contributed by atoms with Gasteiger partial charge in [-0.2, -0.15) is 0 Å². The minimum Gasteiger partial charge on any atom is -0.368 e. The zero-order valence-electron chi connectivity index (χ0n) is 32.0. The van der Waals surface area contributed by atoms with Gasteiger partial charge in [0.2, 0.25) is 17.8 Å². The number of nitrogens with two attached hydrogens (primary N) is 1. The van der Waals surface area contributed by atoms with Crippen molar-refractivity contribution in [3.8, 4) is 0 Å². The van der Waals surface area contributed by atoms with Crippen molar-refractivity contribution in [1.29, 1.82) is 0 Å². The number of aryl methyl sites for hydroxylation is 2. The monoisotopic (exact) mass is 804 g/mol. The smallest absolute Gasteiger partial charge is 0.254 e. The van der Waals surface area contributed by atoms with Gasteiger partial charge in [-0.05, 0) is 80.6 Å². The van der Waals surface area contributed by atoms with E-state index in [1.54, 1.807) is 43.4 Å². The first-order chi connectivity index (χ1) is 26.8. The molecule has 4 saturated heterocycles. The molecule has 3 aromatic rings. The summed E-state index contributed by atoms with van der Waals surface area (Å²) in [6.07, 6.45) is 3.14. The van der Waals surface area contributed by atoms with Crippen LogP contribution in [-0.2, 0) is 16.0 Å². The minimum absolute atomic E-state index is 0.0172. The van der Waals surface area contributed by atoms with E-state index in [9.17, 15) is 24.4 Å². The Hall–Kier alpha value is -4.69. The predicted octanol–water partition coefficient (Wildman–Crippen LogP) is 4.36. The third-order valence-corrected chi connectivity index (χ3v) is 11.9.